The highest BCUT2D eigenvalue weighted by molar-refractivity contribution is 6.46. The Kier molecular flexibility index (Phi) is 2.10. The highest BCUT2D eigenvalue weighted by Crippen LogP contribution is 2.49. The predicted octanol–water partition coefficient (Wildman–Crippen LogP) is 7.48. The van der Waals surface area contributed by atoms with Crippen LogP contribution in [0.3, 0.4) is 0 Å². The smallest absolute Gasteiger partial charge is 0.000742 e. The molecule has 7 rings (SSSR count). The largest absolute Gasteiger partial charge is 0.0616 e. The Morgan fingerprint density at radius 3 is 1.85 bits per heavy atom. The maximum absolute atomic E-state index is 2.38. The molecule has 0 unspecified atom stereocenters. The van der Waals surface area contributed by atoms with Crippen LogP contribution in [0.2, 0.25) is 0 Å². The van der Waals surface area contributed by atoms with Gasteiger partial charge >= 0.3 is 0 Å². The van der Waals surface area contributed by atoms with Gasteiger partial charge < -0.3 is 0 Å². The van der Waals surface area contributed by atoms with E-state index in [0.717, 1.165) is 0 Å². The first-order chi connectivity index (χ1) is 12.9. The summed E-state index contributed by atoms with van der Waals surface area (Å²) in [5.41, 5.74) is 0. The van der Waals surface area contributed by atoms with Gasteiger partial charge in [-0.2, -0.15) is 0 Å². The van der Waals surface area contributed by atoms with Gasteiger partial charge in [0.1, 0.15) is 0 Å². The Morgan fingerprint density at radius 2 is 0.923 bits per heavy atom. The van der Waals surface area contributed by atoms with Gasteiger partial charge in [-0.05, 0) is 70.7 Å². The fourth-order valence-electron chi connectivity index (χ4n) is 5.12. The van der Waals surface area contributed by atoms with Crippen molar-refractivity contribution in [2.75, 3.05) is 0 Å². The maximum atomic E-state index is 2.38. The summed E-state index contributed by atoms with van der Waals surface area (Å²) in [7, 11) is 0. The molecule has 0 aliphatic rings. The van der Waals surface area contributed by atoms with Crippen molar-refractivity contribution in [3.05, 3.63) is 84.9 Å². The SMILES string of the molecule is c1ccc2c(c1)cc1c3cccc4ccc5c6ccccc6c(c21)c5c43. The molecule has 0 nitrogen and oxygen atoms in total. The van der Waals surface area contributed by atoms with E-state index in [-0.39, 0.29) is 0 Å². The van der Waals surface area contributed by atoms with Crippen LogP contribution in [0.25, 0.3) is 64.6 Å². The summed E-state index contributed by atoms with van der Waals surface area (Å²) in [5, 5.41) is 16.6. The normalized spacial score (nSPS) is 12.6. The number of hydrogen-bond donors (Lipinski definition) is 0. The Hall–Kier alpha value is -3.38. The second-order valence-corrected chi connectivity index (χ2v) is 7.33. The third-order valence-corrected chi connectivity index (χ3v) is 6.12. The molecule has 0 aromatic heterocycles. The highest BCUT2D eigenvalue weighted by Gasteiger charge is 2.20. The molecule has 0 heterocycles. The van der Waals surface area contributed by atoms with Crippen molar-refractivity contribution in [2.24, 2.45) is 0 Å². The standard InChI is InChI=1S/C26H14/c1-2-8-17-16(6-1)14-22-20-11-5-7-15-12-13-21-18-9-3-4-10-19(18)26(24(17)22)25(21)23(15)20/h1-14H. The highest BCUT2D eigenvalue weighted by atomic mass is 14.2. The summed E-state index contributed by atoms with van der Waals surface area (Å²) in [5.74, 6) is 0. The summed E-state index contributed by atoms with van der Waals surface area (Å²) in [6, 6.07) is 31.4. The average molecular weight is 326 g/mol. The van der Waals surface area contributed by atoms with Gasteiger partial charge in [0.05, 0.1) is 0 Å². The van der Waals surface area contributed by atoms with Crippen LogP contribution in [0, 0.1) is 0 Å². The molecule has 0 atom stereocenters. The lowest BCUT2D eigenvalue weighted by Crippen LogP contribution is -1.81. The van der Waals surface area contributed by atoms with E-state index in [1.165, 1.54) is 64.6 Å². The molecular formula is C26H14. The number of hydrogen-bond acceptors (Lipinski definition) is 0. The van der Waals surface area contributed by atoms with Gasteiger partial charge in [-0.15, -0.1) is 0 Å². The second-order valence-electron chi connectivity index (χ2n) is 7.33. The molecule has 118 valence electrons. The summed E-state index contributed by atoms with van der Waals surface area (Å²) < 4.78 is 0. The van der Waals surface area contributed by atoms with E-state index in [9.17, 15) is 0 Å². The quantitative estimate of drug-likeness (QED) is 0.271. The molecule has 7 aromatic carbocycles. The Bertz CT molecular complexity index is 1620. The zero-order chi connectivity index (χ0) is 16.8. The fourth-order valence-corrected chi connectivity index (χ4v) is 5.12. The zero-order valence-corrected chi connectivity index (χ0v) is 14.1. The van der Waals surface area contributed by atoms with Gasteiger partial charge in [0.25, 0.3) is 0 Å². The number of rotatable bonds is 0. The minimum absolute atomic E-state index is 1.33. The maximum Gasteiger partial charge on any atom is -0.000742 e. The van der Waals surface area contributed by atoms with E-state index in [2.05, 4.69) is 84.9 Å². The van der Waals surface area contributed by atoms with Crippen molar-refractivity contribution in [3.63, 3.8) is 0 Å². The van der Waals surface area contributed by atoms with Crippen LogP contribution < -0.4 is 0 Å². The van der Waals surface area contributed by atoms with Crippen molar-refractivity contribution < 1.29 is 0 Å². The summed E-state index contributed by atoms with van der Waals surface area (Å²) >= 11 is 0. The minimum atomic E-state index is 1.33. The van der Waals surface area contributed by atoms with Crippen LogP contribution in [-0.4, -0.2) is 0 Å². The lowest BCUT2D eigenvalue weighted by molar-refractivity contribution is 1.85. The van der Waals surface area contributed by atoms with Gasteiger partial charge in [0, 0.05) is 0 Å². The third-order valence-electron chi connectivity index (χ3n) is 6.12. The summed E-state index contributed by atoms with van der Waals surface area (Å²) in [4.78, 5) is 0. The van der Waals surface area contributed by atoms with Crippen LogP contribution in [0.4, 0.5) is 0 Å². The van der Waals surface area contributed by atoms with Crippen molar-refractivity contribution in [1.29, 1.82) is 0 Å². The zero-order valence-electron chi connectivity index (χ0n) is 14.1. The lowest BCUT2D eigenvalue weighted by Gasteiger charge is -2.09. The number of fused-ring (bicyclic) bond motifs is 8. The molecule has 0 saturated carbocycles. The van der Waals surface area contributed by atoms with E-state index < -0.39 is 0 Å². The minimum Gasteiger partial charge on any atom is -0.0616 e. The molecule has 0 bridgehead atoms. The van der Waals surface area contributed by atoms with Gasteiger partial charge in [-0.25, -0.2) is 0 Å². The number of benzene rings is 5. The first-order valence-electron chi connectivity index (χ1n) is 9.14. The van der Waals surface area contributed by atoms with Gasteiger partial charge in [-0.3, -0.25) is 0 Å². The average Bonchev–Trinajstić information content (AvgIpc) is 3.24. The molecule has 0 aliphatic carbocycles. The molecule has 0 spiro atoms. The van der Waals surface area contributed by atoms with E-state index in [1.807, 2.05) is 0 Å². The molecule has 0 saturated heterocycles. The molecule has 26 heavy (non-hydrogen) atoms. The van der Waals surface area contributed by atoms with Crippen LogP contribution in [0.5, 0.6) is 0 Å². The molecule has 0 amide bonds. The van der Waals surface area contributed by atoms with Crippen molar-refractivity contribution in [1.82, 2.24) is 0 Å². The van der Waals surface area contributed by atoms with Gasteiger partial charge in [0.2, 0.25) is 0 Å². The van der Waals surface area contributed by atoms with Crippen LogP contribution in [0.15, 0.2) is 84.9 Å². The van der Waals surface area contributed by atoms with Crippen molar-refractivity contribution in [2.45, 2.75) is 0 Å². The first kappa shape index (κ1) is 12.9. The summed E-state index contributed by atoms with van der Waals surface area (Å²) in [6.07, 6.45) is 0. The molecular weight excluding hydrogens is 312 g/mol. The third kappa shape index (κ3) is 1.32. The molecule has 0 radical (unpaired) electrons. The molecule has 0 heteroatoms. The summed E-state index contributed by atoms with van der Waals surface area (Å²) in [6.45, 7) is 0. The van der Waals surface area contributed by atoms with Crippen LogP contribution in [-0.2, 0) is 0 Å². The fraction of sp³-hybridized carbons (Fsp3) is 0. The van der Waals surface area contributed by atoms with Crippen molar-refractivity contribution >= 4 is 64.6 Å². The molecule has 0 fully saturated rings. The van der Waals surface area contributed by atoms with Crippen LogP contribution in [0.1, 0.15) is 0 Å². The second kappa shape index (κ2) is 4.23. The molecule has 0 N–H and O–H groups in total. The predicted molar refractivity (Wildman–Crippen MR) is 114 cm³/mol. The monoisotopic (exact) mass is 326 g/mol. The Balaban J connectivity index is 2.03. The van der Waals surface area contributed by atoms with Gasteiger partial charge in [-0.1, -0.05) is 78.9 Å². The first-order valence-corrected chi connectivity index (χ1v) is 9.14. The van der Waals surface area contributed by atoms with Crippen molar-refractivity contribution in [3.8, 4) is 0 Å². The van der Waals surface area contributed by atoms with E-state index in [1.54, 1.807) is 0 Å². The Morgan fingerprint density at radius 1 is 0.308 bits per heavy atom. The molecule has 0 aliphatic heterocycles. The molecule has 7 aromatic rings. The van der Waals surface area contributed by atoms with E-state index in [0.29, 0.717) is 0 Å². The van der Waals surface area contributed by atoms with E-state index in [4.69, 9.17) is 0 Å². The Labute approximate surface area is 149 Å². The van der Waals surface area contributed by atoms with Crippen LogP contribution >= 0.6 is 0 Å². The van der Waals surface area contributed by atoms with Gasteiger partial charge in [0.15, 0.2) is 0 Å². The lowest BCUT2D eigenvalue weighted by atomic mass is 9.93. The topological polar surface area (TPSA) is 0 Å². The van der Waals surface area contributed by atoms with E-state index >= 15 is 0 Å².